The number of para-hydroxylation sites is 1. The Hall–Kier alpha value is -2.20. The largest absolute Gasteiger partial charge is 0.399 e. The van der Waals surface area contributed by atoms with Crippen molar-refractivity contribution in [2.24, 2.45) is 0 Å². The summed E-state index contributed by atoms with van der Waals surface area (Å²) in [7, 11) is 0. The molecular formula is C18H17BrN2O. The van der Waals surface area contributed by atoms with Crippen LogP contribution in [-0.2, 0) is 0 Å². The number of halogens is 1. The van der Waals surface area contributed by atoms with Gasteiger partial charge in [0.2, 0.25) is 0 Å². The lowest BCUT2D eigenvalue weighted by Gasteiger charge is -2.03. The van der Waals surface area contributed by atoms with Crippen LogP contribution in [0, 0.1) is 6.92 Å². The molecule has 0 saturated heterocycles. The van der Waals surface area contributed by atoms with Crippen LogP contribution in [0.5, 0.6) is 0 Å². The van der Waals surface area contributed by atoms with E-state index in [2.05, 4.69) is 20.9 Å². The second-order valence-corrected chi connectivity index (χ2v) is 5.84. The van der Waals surface area contributed by atoms with E-state index in [1.165, 1.54) is 0 Å². The number of Topliss-reactive ketones (excluding diaryl/α,β-unsaturated/α-hetero) is 1. The number of hydrogen-bond acceptors (Lipinski definition) is 3. The second kappa shape index (κ2) is 7.18. The number of benzene rings is 2. The number of carbonyl (C=O) groups is 1. The summed E-state index contributed by atoms with van der Waals surface area (Å²) in [5.74, 6) is 0.0701. The fourth-order valence-electron chi connectivity index (χ4n) is 2.03. The number of carbonyl (C=O) groups excluding carboxylic acids is 1. The van der Waals surface area contributed by atoms with Gasteiger partial charge in [0.25, 0.3) is 0 Å². The molecule has 1 aromatic heterocycles. The maximum atomic E-state index is 11.3. The minimum Gasteiger partial charge on any atom is -0.399 e. The standard InChI is InChI=1S/C12H11NO.C6H6BrN/c1-8-11(9(2)14)7-10-5-3-4-6-12(10)13-8;7-5-1-3-6(8)4-2-5/h3-7H,1-2H3;1-4H,8H2. The van der Waals surface area contributed by atoms with Crippen LogP contribution >= 0.6 is 15.9 Å². The Morgan fingerprint density at radius 3 is 2.32 bits per heavy atom. The molecule has 2 N–H and O–H groups in total. The topological polar surface area (TPSA) is 56.0 Å². The molecule has 0 amide bonds. The molecule has 0 aliphatic heterocycles. The minimum absolute atomic E-state index is 0.0701. The Balaban J connectivity index is 0.000000188. The van der Waals surface area contributed by atoms with E-state index in [0.717, 1.165) is 26.8 Å². The number of nitrogens with zero attached hydrogens (tertiary/aromatic N) is 1. The van der Waals surface area contributed by atoms with Gasteiger partial charge in [-0.25, -0.2) is 0 Å². The van der Waals surface area contributed by atoms with Crippen LogP contribution in [0.25, 0.3) is 10.9 Å². The number of nitrogens with two attached hydrogens (primary N) is 1. The number of aromatic nitrogens is 1. The smallest absolute Gasteiger partial charge is 0.161 e. The lowest BCUT2D eigenvalue weighted by Crippen LogP contribution is -1.98. The summed E-state index contributed by atoms with van der Waals surface area (Å²) >= 11 is 3.29. The number of pyridine rings is 1. The van der Waals surface area contributed by atoms with Gasteiger partial charge in [-0.2, -0.15) is 0 Å². The van der Waals surface area contributed by atoms with Crippen LogP contribution in [0.2, 0.25) is 0 Å². The molecule has 3 aromatic rings. The molecule has 4 heteroatoms. The van der Waals surface area contributed by atoms with E-state index in [9.17, 15) is 4.79 Å². The minimum atomic E-state index is 0.0701. The number of anilines is 1. The van der Waals surface area contributed by atoms with Gasteiger partial charge in [-0.15, -0.1) is 0 Å². The highest BCUT2D eigenvalue weighted by molar-refractivity contribution is 9.10. The zero-order chi connectivity index (χ0) is 16.1. The normalized spacial score (nSPS) is 9.95. The summed E-state index contributed by atoms with van der Waals surface area (Å²) in [6.45, 7) is 3.43. The molecule has 3 nitrogen and oxygen atoms in total. The Morgan fingerprint density at radius 2 is 1.73 bits per heavy atom. The van der Waals surface area contributed by atoms with Crippen LogP contribution in [0.3, 0.4) is 0 Å². The van der Waals surface area contributed by atoms with Gasteiger partial charge in [-0.05, 0) is 50.2 Å². The van der Waals surface area contributed by atoms with Gasteiger partial charge < -0.3 is 5.73 Å². The quantitative estimate of drug-likeness (QED) is 0.504. The van der Waals surface area contributed by atoms with Crippen LogP contribution in [-0.4, -0.2) is 10.8 Å². The fourth-order valence-corrected chi connectivity index (χ4v) is 2.30. The summed E-state index contributed by atoms with van der Waals surface area (Å²) in [4.78, 5) is 15.6. The molecule has 1 heterocycles. The first kappa shape index (κ1) is 16.2. The van der Waals surface area contributed by atoms with Crippen molar-refractivity contribution in [3.63, 3.8) is 0 Å². The number of rotatable bonds is 1. The van der Waals surface area contributed by atoms with E-state index in [0.29, 0.717) is 5.56 Å². The van der Waals surface area contributed by atoms with Crippen molar-refractivity contribution < 1.29 is 4.79 Å². The highest BCUT2D eigenvalue weighted by Crippen LogP contribution is 2.16. The number of aryl methyl sites for hydroxylation is 1. The number of nitrogen functional groups attached to an aromatic ring is 1. The Labute approximate surface area is 138 Å². The van der Waals surface area contributed by atoms with E-state index in [1.54, 1.807) is 6.92 Å². The van der Waals surface area contributed by atoms with Gasteiger partial charge in [0, 0.05) is 26.8 Å². The molecule has 0 aliphatic rings. The van der Waals surface area contributed by atoms with Crippen molar-refractivity contribution in [2.75, 3.05) is 5.73 Å². The zero-order valence-electron chi connectivity index (χ0n) is 12.5. The summed E-state index contributed by atoms with van der Waals surface area (Å²) < 4.78 is 1.06. The van der Waals surface area contributed by atoms with E-state index in [-0.39, 0.29) is 5.78 Å². The van der Waals surface area contributed by atoms with E-state index in [4.69, 9.17) is 5.73 Å². The number of fused-ring (bicyclic) bond motifs is 1. The molecular weight excluding hydrogens is 340 g/mol. The molecule has 0 spiro atoms. The number of hydrogen-bond donors (Lipinski definition) is 1. The Bertz CT molecular complexity index is 777. The molecule has 0 bridgehead atoms. The first-order valence-electron chi connectivity index (χ1n) is 6.86. The van der Waals surface area contributed by atoms with Crippen molar-refractivity contribution in [1.29, 1.82) is 0 Å². The van der Waals surface area contributed by atoms with Crippen molar-refractivity contribution in [1.82, 2.24) is 4.98 Å². The number of ketones is 1. The fraction of sp³-hybridized carbons (Fsp3) is 0.111. The second-order valence-electron chi connectivity index (χ2n) is 4.92. The van der Waals surface area contributed by atoms with Crippen molar-refractivity contribution in [2.45, 2.75) is 13.8 Å². The summed E-state index contributed by atoms with van der Waals surface area (Å²) in [5.41, 5.74) is 8.66. The van der Waals surface area contributed by atoms with E-state index < -0.39 is 0 Å². The van der Waals surface area contributed by atoms with Gasteiger partial charge >= 0.3 is 0 Å². The molecule has 112 valence electrons. The predicted octanol–water partition coefficient (Wildman–Crippen LogP) is 4.78. The molecule has 0 aliphatic carbocycles. The molecule has 0 saturated carbocycles. The Morgan fingerprint density at radius 1 is 1.09 bits per heavy atom. The van der Waals surface area contributed by atoms with Crippen LogP contribution in [0.4, 0.5) is 5.69 Å². The van der Waals surface area contributed by atoms with Gasteiger partial charge in [-0.1, -0.05) is 34.1 Å². The first-order chi connectivity index (χ1) is 10.5. The monoisotopic (exact) mass is 356 g/mol. The molecule has 0 radical (unpaired) electrons. The molecule has 3 rings (SSSR count). The summed E-state index contributed by atoms with van der Waals surface area (Å²) in [6.07, 6.45) is 0. The Kier molecular flexibility index (Phi) is 5.28. The molecule has 22 heavy (non-hydrogen) atoms. The third-order valence-corrected chi connectivity index (χ3v) is 3.69. The summed E-state index contributed by atoms with van der Waals surface area (Å²) in [6, 6.07) is 17.2. The SMILES string of the molecule is CC(=O)c1cc2ccccc2nc1C.Nc1ccc(Br)cc1. The van der Waals surface area contributed by atoms with Crippen molar-refractivity contribution in [3.05, 3.63) is 70.3 Å². The maximum Gasteiger partial charge on any atom is 0.161 e. The molecule has 2 aromatic carbocycles. The van der Waals surface area contributed by atoms with Gasteiger partial charge in [-0.3, -0.25) is 9.78 Å². The van der Waals surface area contributed by atoms with Gasteiger partial charge in [0.15, 0.2) is 5.78 Å². The van der Waals surface area contributed by atoms with Crippen LogP contribution < -0.4 is 5.73 Å². The van der Waals surface area contributed by atoms with Crippen LogP contribution in [0.1, 0.15) is 23.0 Å². The van der Waals surface area contributed by atoms with Crippen LogP contribution in [0.15, 0.2) is 59.1 Å². The average molecular weight is 357 g/mol. The highest BCUT2D eigenvalue weighted by Gasteiger charge is 2.06. The highest BCUT2D eigenvalue weighted by atomic mass is 79.9. The van der Waals surface area contributed by atoms with Crippen molar-refractivity contribution >= 4 is 38.3 Å². The molecule has 0 atom stereocenters. The summed E-state index contributed by atoms with van der Waals surface area (Å²) in [5, 5.41) is 1.02. The zero-order valence-corrected chi connectivity index (χ0v) is 14.1. The lowest BCUT2D eigenvalue weighted by molar-refractivity contribution is 0.101. The third-order valence-electron chi connectivity index (χ3n) is 3.16. The van der Waals surface area contributed by atoms with E-state index in [1.807, 2.05) is 61.5 Å². The third kappa shape index (κ3) is 4.15. The predicted molar refractivity (Wildman–Crippen MR) is 95.0 cm³/mol. The van der Waals surface area contributed by atoms with Gasteiger partial charge in [0.05, 0.1) is 5.52 Å². The van der Waals surface area contributed by atoms with Gasteiger partial charge in [0.1, 0.15) is 0 Å². The lowest BCUT2D eigenvalue weighted by atomic mass is 10.1. The molecule has 0 fully saturated rings. The maximum absolute atomic E-state index is 11.3. The van der Waals surface area contributed by atoms with E-state index >= 15 is 0 Å². The molecule has 0 unspecified atom stereocenters. The van der Waals surface area contributed by atoms with Crippen molar-refractivity contribution in [3.8, 4) is 0 Å². The average Bonchev–Trinajstić information content (AvgIpc) is 2.50. The first-order valence-corrected chi connectivity index (χ1v) is 7.65.